The van der Waals surface area contributed by atoms with Gasteiger partial charge in [-0.1, -0.05) is 60.1 Å². The number of carbonyl (C=O) groups is 1. The number of rotatable bonds is 4. The fourth-order valence-electron chi connectivity index (χ4n) is 3.75. The van der Waals surface area contributed by atoms with Crippen molar-refractivity contribution < 1.29 is 9.90 Å². The number of piperidine rings is 1. The molecule has 0 aromatic heterocycles. The molecule has 26 heavy (non-hydrogen) atoms. The minimum atomic E-state index is -0.983. The van der Waals surface area contributed by atoms with E-state index in [4.69, 9.17) is 11.6 Å². The molecule has 1 aliphatic heterocycles. The van der Waals surface area contributed by atoms with Crippen LogP contribution in [0.4, 0.5) is 0 Å². The van der Waals surface area contributed by atoms with E-state index in [9.17, 15) is 9.90 Å². The van der Waals surface area contributed by atoms with Gasteiger partial charge in [0.25, 0.3) is 0 Å². The molecule has 3 atom stereocenters. The molecule has 138 valence electrons. The summed E-state index contributed by atoms with van der Waals surface area (Å²) in [7, 11) is 0. The van der Waals surface area contributed by atoms with Crippen molar-refractivity contribution in [2.24, 2.45) is 0 Å². The third-order valence-corrected chi connectivity index (χ3v) is 5.48. The van der Waals surface area contributed by atoms with Crippen molar-refractivity contribution in [3.8, 4) is 0 Å². The molecule has 0 bridgehead atoms. The first-order valence-corrected chi connectivity index (χ1v) is 9.28. The molecule has 4 nitrogen and oxygen atoms in total. The lowest BCUT2D eigenvalue weighted by molar-refractivity contribution is -0.126. The number of benzene rings is 2. The standard InChI is InChI=1S/C21H25ClN2O2/c1-15(25)23-20-19(16-8-4-3-5-9-16)24(13-12-21(20,2)26)14-17-10-6-7-11-18(17)22/h3-11,19-20,26H,12-14H2,1-2H3,(H,23,25)/t19-,20-,21+/m0/s1. The molecule has 1 amide bonds. The van der Waals surface area contributed by atoms with Gasteiger partial charge in [0.1, 0.15) is 0 Å². The highest BCUT2D eigenvalue weighted by Gasteiger charge is 2.45. The van der Waals surface area contributed by atoms with Gasteiger partial charge in [-0.2, -0.15) is 0 Å². The summed E-state index contributed by atoms with van der Waals surface area (Å²) in [4.78, 5) is 14.1. The van der Waals surface area contributed by atoms with E-state index in [1.54, 1.807) is 6.92 Å². The Labute approximate surface area is 159 Å². The van der Waals surface area contributed by atoms with Crippen LogP contribution in [0.5, 0.6) is 0 Å². The maximum atomic E-state index is 11.8. The third-order valence-electron chi connectivity index (χ3n) is 5.12. The Morgan fingerprint density at radius 2 is 1.88 bits per heavy atom. The van der Waals surface area contributed by atoms with E-state index < -0.39 is 11.6 Å². The van der Waals surface area contributed by atoms with Gasteiger partial charge in [-0.25, -0.2) is 0 Å². The van der Waals surface area contributed by atoms with Crippen molar-refractivity contribution in [2.75, 3.05) is 6.54 Å². The maximum Gasteiger partial charge on any atom is 0.217 e. The fraction of sp³-hybridized carbons (Fsp3) is 0.381. The average molecular weight is 373 g/mol. The van der Waals surface area contributed by atoms with Crippen LogP contribution in [0.1, 0.15) is 37.4 Å². The molecule has 2 N–H and O–H groups in total. The summed E-state index contributed by atoms with van der Waals surface area (Å²) in [5.41, 5.74) is 1.12. The van der Waals surface area contributed by atoms with Crippen LogP contribution in [-0.4, -0.2) is 34.1 Å². The summed E-state index contributed by atoms with van der Waals surface area (Å²) in [6.07, 6.45) is 0.575. The summed E-state index contributed by atoms with van der Waals surface area (Å²) < 4.78 is 0. The van der Waals surface area contributed by atoms with Crippen LogP contribution in [-0.2, 0) is 11.3 Å². The molecule has 1 fully saturated rings. The molecule has 3 rings (SSSR count). The van der Waals surface area contributed by atoms with Crippen LogP contribution in [0.25, 0.3) is 0 Å². The lowest BCUT2D eigenvalue weighted by Gasteiger charge is -2.49. The minimum Gasteiger partial charge on any atom is -0.388 e. The lowest BCUT2D eigenvalue weighted by Crippen LogP contribution is -2.62. The first-order chi connectivity index (χ1) is 12.4. The van der Waals surface area contributed by atoms with Gasteiger partial charge in [0.2, 0.25) is 5.91 Å². The smallest absolute Gasteiger partial charge is 0.217 e. The molecule has 5 heteroatoms. The van der Waals surface area contributed by atoms with Crippen LogP contribution in [0.3, 0.4) is 0 Å². The van der Waals surface area contributed by atoms with Crippen molar-refractivity contribution >= 4 is 17.5 Å². The van der Waals surface area contributed by atoms with E-state index in [0.717, 1.165) is 16.1 Å². The van der Waals surface area contributed by atoms with E-state index in [2.05, 4.69) is 10.2 Å². The quantitative estimate of drug-likeness (QED) is 0.863. The van der Waals surface area contributed by atoms with Crippen molar-refractivity contribution in [1.82, 2.24) is 10.2 Å². The SMILES string of the molecule is CC(=O)N[C@H]1[C@H](c2ccccc2)N(Cc2ccccc2Cl)CC[C@@]1(C)O. The zero-order valence-electron chi connectivity index (χ0n) is 15.2. The molecule has 2 aromatic rings. The second kappa shape index (κ2) is 7.78. The predicted molar refractivity (Wildman–Crippen MR) is 104 cm³/mol. The summed E-state index contributed by atoms with van der Waals surface area (Å²) >= 11 is 6.37. The number of halogens is 1. The molecular formula is C21H25ClN2O2. The second-order valence-electron chi connectivity index (χ2n) is 7.20. The monoisotopic (exact) mass is 372 g/mol. The average Bonchev–Trinajstić information content (AvgIpc) is 2.60. The molecule has 0 saturated carbocycles. The Hall–Kier alpha value is -1.88. The van der Waals surface area contributed by atoms with Crippen molar-refractivity contribution in [3.63, 3.8) is 0 Å². The Balaban J connectivity index is 1.99. The number of hydrogen-bond acceptors (Lipinski definition) is 3. The fourth-order valence-corrected chi connectivity index (χ4v) is 3.94. The van der Waals surface area contributed by atoms with E-state index in [0.29, 0.717) is 19.5 Å². The van der Waals surface area contributed by atoms with Gasteiger partial charge in [0.15, 0.2) is 0 Å². The molecule has 0 spiro atoms. The van der Waals surface area contributed by atoms with Gasteiger partial charge in [0, 0.05) is 25.0 Å². The molecule has 0 unspecified atom stereocenters. The summed E-state index contributed by atoms with van der Waals surface area (Å²) in [6.45, 7) is 4.67. The highest BCUT2D eigenvalue weighted by molar-refractivity contribution is 6.31. The molecule has 1 aliphatic rings. The van der Waals surface area contributed by atoms with Gasteiger partial charge >= 0.3 is 0 Å². The second-order valence-corrected chi connectivity index (χ2v) is 7.61. The Kier molecular flexibility index (Phi) is 5.66. The molecule has 1 heterocycles. The van der Waals surface area contributed by atoms with Crippen molar-refractivity contribution in [3.05, 3.63) is 70.7 Å². The van der Waals surface area contributed by atoms with Crippen LogP contribution in [0.2, 0.25) is 5.02 Å². The molecular weight excluding hydrogens is 348 g/mol. The number of hydrogen-bond donors (Lipinski definition) is 2. The molecule has 1 saturated heterocycles. The van der Waals surface area contributed by atoms with Gasteiger partial charge < -0.3 is 10.4 Å². The highest BCUT2D eigenvalue weighted by atomic mass is 35.5. The Morgan fingerprint density at radius 1 is 1.23 bits per heavy atom. The highest BCUT2D eigenvalue weighted by Crippen LogP contribution is 2.38. The first-order valence-electron chi connectivity index (χ1n) is 8.90. The van der Waals surface area contributed by atoms with Crippen molar-refractivity contribution in [2.45, 2.75) is 44.5 Å². The van der Waals surface area contributed by atoms with Crippen molar-refractivity contribution in [1.29, 1.82) is 0 Å². The number of likely N-dealkylation sites (tertiary alicyclic amines) is 1. The van der Waals surface area contributed by atoms with Crippen LogP contribution in [0.15, 0.2) is 54.6 Å². The Bertz CT molecular complexity index is 764. The van der Waals surface area contributed by atoms with E-state index >= 15 is 0 Å². The van der Waals surface area contributed by atoms with Gasteiger partial charge in [0.05, 0.1) is 17.7 Å². The Morgan fingerprint density at radius 3 is 2.54 bits per heavy atom. The normalized spacial score (nSPS) is 26.5. The summed E-state index contributed by atoms with van der Waals surface area (Å²) in [6, 6.07) is 17.3. The van der Waals surface area contributed by atoms with E-state index in [-0.39, 0.29) is 11.9 Å². The largest absolute Gasteiger partial charge is 0.388 e. The van der Waals surface area contributed by atoms with Gasteiger partial charge in [-0.3, -0.25) is 9.69 Å². The van der Waals surface area contributed by atoms with E-state index in [1.807, 2.05) is 54.6 Å². The zero-order valence-corrected chi connectivity index (χ0v) is 15.9. The van der Waals surface area contributed by atoms with E-state index in [1.165, 1.54) is 6.92 Å². The molecule has 0 radical (unpaired) electrons. The minimum absolute atomic E-state index is 0.139. The van der Waals surface area contributed by atoms with Crippen LogP contribution >= 0.6 is 11.6 Å². The summed E-state index contributed by atoms with van der Waals surface area (Å²) in [5.74, 6) is -0.143. The number of aliphatic hydroxyl groups is 1. The zero-order chi connectivity index (χ0) is 18.7. The number of carbonyl (C=O) groups excluding carboxylic acids is 1. The lowest BCUT2D eigenvalue weighted by atomic mass is 9.79. The molecule has 0 aliphatic carbocycles. The first kappa shape index (κ1) is 18.9. The van der Waals surface area contributed by atoms with Gasteiger partial charge in [-0.15, -0.1) is 0 Å². The summed E-state index contributed by atoms with van der Waals surface area (Å²) in [5, 5.41) is 14.7. The molecule has 2 aromatic carbocycles. The number of nitrogens with one attached hydrogen (secondary N) is 1. The topological polar surface area (TPSA) is 52.6 Å². The predicted octanol–water partition coefficient (Wildman–Crippen LogP) is 3.54. The van der Waals surface area contributed by atoms with Gasteiger partial charge in [-0.05, 0) is 30.5 Å². The van der Waals surface area contributed by atoms with Crippen LogP contribution < -0.4 is 5.32 Å². The number of amides is 1. The number of nitrogens with zero attached hydrogens (tertiary/aromatic N) is 1. The maximum absolute atomic E-state index is 11.8. The third kappa shape index (κ3) is 4.09. The van der Waals surface area contributed by atoms with Crippen LogP contribution in [0, 0.1) is 0 Å².